The van der Waals surface area contributed by atoms with E-state index in [-0.39, 0.29) is 53.4 Å². The van der Waals surface area contributed by atoms with Crippen LogP contribution in [0.5, 0.6) is 0 Å². The van der Waals surface area contributed by atoms with Crippen LogP contribution >= 0.6 is 15.9 Å². The number of aromatic nitrogens is 7. The summed E-state index contributed by atoms with van der Waals surface area (Å²) in [5.41, 5.74) is 2.03. The number of Topliss-reactive ketones (excluding diaryl/α,β-unsaturated/α-hetero) is 1. The van der Waals surface area contributed by atoms with Crippen LogP contribution in [0, 0.1) is 12.3 Å². The highest BCUT2D eigenvalue weighted by molar-refractivity contribution is 9.10. The first-order valence-electron chi connectivity index (χ1n) is 17.4. The first-order chi connectivity index (χ1) is 25.3. The maximum Gasteiger partial charge on any atom is 0.276 e. The minimum Gasteiger partial charge on any atom is -0.328 e. The minimum atomic E-state index is -3.26. The Hall–Kier alpha value is -5.18. The molecule has 2 aliphatic heterocycles. The van der Waals surface area contributed by atoms with Crippen LogP contribution in [0.3, 0.4) is 0 Å². The molecule has 53 heavy (non-hydrogen) atoms. The van der Waals surface area contributed by atoms with Crippen LogP contribution in [0.2, 0.25) is 0 Å². The standard InChI is InChI=1S/C38H38BrF2N9O3/c1-23(51)34-28-16-25(26-18-42-24(2)43-19-26)9-11-30(28)50(47-34)20-33(52)49-22-37(3)17-31(49)36(53)45-35-29(10-12-32(39)44-35)38(40,41)14-7-5-4-6-8-27-13-15-48(21-37)46-27/h6,8-13,15-16,18-19,31H,4-5,7,14,17,20-22H2,1-3H3,(H,44,45,53)/b8-6-/t31-,37+/m0/s1. The maximum absolute atomic E-state index is 15.7. The van der Waals surface area contributed by atoms with Gasteiger partial charge >= 0.3 is 0 Å². The summed E-state index contributed by atoms with van der Waals surface area (Å²) >= 11 is 3.26. The number of rotatable bonds is 4. The van der Waals surface area contributed by atoms with Crippen molar-refractivity contribution in [3.8, 4) is 11.1 Å². The third kappa shape index (κ3) is 7.66. The van der Waals surface area contributed by atoms with Crippen molar-refractivity contribution in [2.24, 2.45) is 5.41 Å². The topological polar surface area (TPSA) is 141 Å². The molecule has 4 bridgehead atoms. The first-order valence-corrected chi connectivity index (χ1v) is 18.2. The van der Waals surface area contributed by atoms with Crippen LogP contribution < -0.4 is 5.32 Å². The lowest BCUT2D eigenvalue weighted by Crippen LogP contribution is -2.45. The average Bonchev–Trinajstić information content (AvgIpc) is 3.81. The zero-order chi connectivity index (χ0) is 37.5. The molecule has 1 N–H and O–H groups in total. The molecule has 7 rings (SSSR count). The molecule has 0 unspecified atom stereocenters. The quantitative estimate of drug-likeness (QED) is 0.152. The molecule has 15 heteroatoms. The second kappa shape index (κ2) is 14.3. The Labute approximate surface area is 312 Å². The number of pyridine rings is 1. The number of allylic oxidation sites excluding steroid dienone is 1. The molecule has 274 valence electrons. The van der Waals surface area contributed by atoms with E-state index in [2.05, 4.69) is 46.4 Å². The number of halogens is 3. The number of ketones is 1. The number of amides is 2. The molecule has 0 radical (unpaired) electrons. The lowest BCUT2D eigenvalue weighted by Gasteiger charge is -2.26. The highest BCUT2D eigenvalue weighted by atomic mass is 79.9. The van der Waals surface area contributed by atoms with Crippen molar-refractivity contribution >= 4 is 56.3 Å². The van der Waals surface area contributed by atoms with Crippen molar-refractivity contribution in [1.82, 2.24) is 39.4 Å². The van der Waals surface area contributed by atoms with Gasteiger partial charge in [-0.3, -0.25) is 23.7 Å². The van der Waals surface area contributed by atoms with Gasteiger partial charge in [-0.1, -0.05) is 19.1 Å². The summed E-state index contributed by atoms with van der Waals surface area (Å²) in [6.07, 6.45) is 10.3. The van der Waals surface area contributed by atoms with Crippen LogP contribution in [-0.2, 0) is 28.6 Å². The predicted molar refractivity (Wildman–Crippen MR) is 198 cm³/mol. The largest absolute Gasteiger partial charge is 0.328 e. The molecule has 1 aromatic carbocycles. The number of fused-ring (bicyclic) bond motifs is 6. The Morgan fingerprint density at radius 3 is 2.60 bits per heavy atom. The fourth-order valence-corrected chi connectivity index (χ4v) is 7.50. The van der Waals surface area contributed by atoms with E-state index in [0.717, 1.165) is 16.8 Å². The summed E-state index contributed by atoms with van der Waals surface area (Å²) in [4.78, 5) is 55.5. The van der Waals surface area contributed by atoms with Gasteiger partial charge in [0.05, 0.1) is 16.8 Å². The summed E-state index contributed by atoms with van der Waals surface area (Å²) < 4.78 is 34.9. The molecule has 0 aliphatic carbocycles. The summed E-state index contributed by atoms with van der Waals surface area (Å²) in [6.45, 7) is 5.49. The van der Waals surface area contributed by atoms with Gasteiger partial charge in [0.2, 0.25) is 11.8 Å². The maximum atomic E-state index is 15.7. The summed E-state index contributed by atoms with van der Waals surface area (Å²) in [5.74, 6) is -4.22. The molecule has 4 aromatic heterocycles. The minimum absolute atomic E-state index is 0.181. The summed E-state index contributed by atoms with van der Waals surface area (Å²) in [6, 6.07) is 9.01. The lowest BCUT2D eigenvalue weighted by molar-refractivity contribution is -0.137. The molecule has 2 aliphatic rings. The lowest BCUT2D eigenvalue weighted by atomic mass is 9.87. The van der Waals surface area contributed by atoms with Gasteiger partial charge in [0.15, 0.2) is 5.78 Å². The number of alkyl halides is 2. The molecule has 2 atom stereocenters. The number of nitrogens with zero attached hydrogens (tertiary/aromatic N) is 8. The second-order valence-electron chi connectivity index (χ2n) is 14.2. The molecule has 12 nitrogen and oxygen atoms in total. The van der Waals surface area contributed by atoms with Crippen LogP contribution in [0.4, 0.5) is 14.6 Å². The molecule has 6 heterocycles. The van der Waals surface area contributed by atoms with Gasteiger partial charge < -0.3 is 10.2 Å². The van der Waals surface area contributed by atoms with Crippen molar-refractivity contribution in [1.29, 1.82) is 0 Å². The van der Waals surface area contributed by atoms with Gasteiger partial charge in [-0.15, -0.1) is 0 Å². The van der Waals surface area contributed by atoms with Crippen LogP contribution in [-0.4, -0.2) is 69.6 Å². The normalized spacial score (nSPS) is 21.1. The number of benzene rings is 1. The number of carbonyl (C=O) groups is 3. The van der Waals surface area contributed by atoms with Gasteiger partial charge in [0.25, 0.3) is 5.92 Å². The third-order valence-corrected chi connectivity index (χ3v) is 10.3. The van der Waals surface area contributed by atoms with E-state index in [4.69, 9.17) is 0 Å². The van der Waals surface area contributed by atoms with Crippen molar-refractivity contribution in [2.45, 2.75) is 77.9 Å². The molecular formula is C38H38BrF2N9O3. The van der Waals surface area contributed by atoms with Gasteiger partial charge in [-0.2, -0.15) is 10.2 Å². The van der Waals surface area contributed by atoms with Crippen LogP contribution in [0.1, 0.15) is 73.5 Å². The van der Waals surface area contributed by atoms with Crippen molar-refractivity contribution in [3.05, 3.63) is 88.4 Å². The molecule has 5 aromatic rings. The van der Waals surface area contributed by atoms with Gasteiger partial charge in [0, 0.05) is 61.4 Å². The smallest absolute Gasteiger partial charge is 0.276 e. The molecule has 0 spiro atoms. The Morgan fingerprint density at radius 2 is 1.83 bits per heavy atom. The zero-order valence-corrected chi connectivity index (χ0v) is 31.1. The highest BCUT2D eigenvalue weighted by Crippen LogP contribution is 2.40. The molecule has 1 saturated heterocycles. The van der Waals surface area contributed by atoms with Crippen LogP contribution in [0.15, 0.2) is 65.7 Å². The number of carbonyl (C=O) groups excluding carboxylic acids is 3. The number of hydrogen-bond donors (Lipinski definition) is 1. The van der Waals surface area contributed by atoms with Gasteiger partial charge in [0.1, 0.15) is 34.5 Å². The molecule has 2 amide bonds. The number of nitrogens with one attached hydrogen (secondary N) is 1. The first kappa shape index (κ1) is 36.2. The Bertz CT molecular complexity index is 2250. The van der Waals surface area contributed by atoms with E-state index < -0.39 is 35.6 Å². The number of anilines is 1. The zero-order valence-electron chi connectivity index (χ0n) is 29.5. The fraction of sp³-hybridized carbons (Fsp3) is 0.368. The van der Waals surface area contributed by atoms with E-state index in [9.17, 15) is 14.4 Å². The fourth-order valence-electron chi connectivity index (χ4n) is 7.19. The monoisotopic (exact) mass is 785 g/mol. The number of hydrogen-bond acceptors (Lipinski definition) is 8. The van der Waals surface area contributed by atoms with Gasteiger partial charge in [-0.05, 0) is 90.5 Å². The van der Waals surface area contributed by atoms with E-state index >= 15 is 8.78 Å². The van der Waals surface area contributed by atoms with E-state index in [1.54, 1.807) is 30.1 Å². The Balaban J connectivity index is 1.24. The van der Waals surface area contributed by atoms with E-state index in [0.29, 0.717) is 36.1 Å². The van der Waals surface area contributed by atoms with E-state index in [1.165, 1.54) is 28.6 Å². The predicted octanol–water partition coefficient (Wildman–Crippen LogP) is 6.98. The summed E-state index contributed by atoms with van der Waals surface area (Å²) in [5, 5.41) is 12.5. The number of likely N-dealkylation sites (tertiary alicyclic amines) is 1. The second-order valence-corrected chi connectivity index (χ2v) is 15.0. The molecular weight excluding hydrogens is 748 g/mol. The summed E-state index contributed by atoms with van der Waals surface area (Å²) in [7, 11) is 0. The van der Waals surface area contributed by atoms with Gasteiger partial charge in [-0.25, -0.2) is 23.7 Å². The Kier molecular flexibility index (Phi) is 9.79. The van der Waals surface area contributed by atoms with Crippen molar-refractivity contribution in [2.75, 3.05) is 11.9 Å². The highest BCUT2D eigenvalue weighted by Gasteiger charge is 2.47. The SMILES string of the molecule is CC(=O)c1nn(CC(=O)N2C[C@]3(C)C[C@H]2C(=O)Nc2nc(Br)ccc2C(F)(F)CCCC/C=C\c2ccn(n2)C3)c2ccc(-c3cnc(C)nc3)cc12. The van der Waals surface area contributed by atoms with Crippen LogP contribution in [0.25, 0.3) is 28.1 Å². The molecule has 0 saturated carbocycles. The van der Waals surface area contributed by atoms with E-state index in [1.807, 2.05) is 43.5 Å². The average molecular weight is 787 g/mol. The molecule has 1 fully saturated rings. The number of aryl methyl sites for hydroxylation is 1. The van der Waals surface area contributed by atoms with Crippen molar-refractivity contribution < 1.29 is 23.2 Å². The Morgan fingerprint density at radius 1 is 1.04 bits per heavy atom. The van der Waals surface area contributed by atoms with Crippen molar-refractivity contribution in [3.63, 3.8) is 0 Å². The third-order valence-electron chi connectivity index (χ3n) is 9.82.